The Morgan fingerprint density at radius 2 is 1.81 bits per heavy atom. The van der Waals surface area contributed by atoms with Gasteiger partial charge in [-0.25, -0.2) is 0 Å². The van der Waals surface area contributed by atoms with Crippen molar-refractivity contribution in [3.05, 3.63) is 30.1 Å². The Hall–Kier alpha value is -0.890. The molecule has 0 saturated carbocycles. The molecule has 1 aromatic heterocycles. The van der Waals surface area contributed by atoms with Gasteiger partial charge in [0.1, 0.15) is 0 Å². The zero-order chi connectivity index (χ0) is 11.8. The number of pyridine rings is 1. The van der Waals surface area contributed by atoms with Gasteiger partial charge in [0, 0.05) is 18.4 Å². The summed E-state index contributed by atoms with van der Waals surface area (Å²) >= 11 is 0. The maximum absolute atomic E-state index is 6.09. The van der Waals surface area contributed by atoms with Crippen LogP contribution < -0.4 is 5.73 Å². The van der Waals surface area contributed by atoms with Gasteiger partial charge in [0.2, 0.25) is 0 Å². The third kappa shape index (κ3) is 5.86. The van der Waals surface area contributed by atoms with Crippen LogP contribution >= 0.6 is 0 Å². The second-order valence-corrected chi connectivity index (χ2v) is 4.98. The first-order chi connectivity index (χ1) is 7.68. The van der Waals surface area contributed by atoms with Crippen LogP contribution in [0.15, 0.2) is 24.5 Å². The molecule has 2 N–H and O–H groups in total. The van der Waals surface area contributed by atoms with Gasteiger partial charge in [0.15, 0.2) is 0 Å². The average molecular weight is 220 g/mol. The quantitative estimate of drug-likeness (QED) is 0.766. The van der Waals surface area contributed by atoms with Gasteiger partial charge in [-0.2, -0.15) is 0 Å². The summed E-state index contributed by atoms with van der Waals surface area (Å²) in [5.41, 5.74) is 7.43. The fourth-order valence-corrected chi connectivity index (χ4v) is 1.83. The SMILES string of the molecule is CC(C)CCCC(N)CCc1ccncc1. The highest BCUT2D eigenvalue weighted by Gasteiger charge is 2.03. The van der Waals surface area contributed by atoms with Gasteiger partial charge in [0.25, 0.3) is 0 Å². The fourth-order valence-electron chi connectivity index (χ4n) is 1.83. The number of aryl methyl sites for hydroxylation is 1. The largest absolute Gasteiger partial charge is 0.328 e. The molecule has 16 heavy (non-hydrogen) atoms. The van der Waals surface area contributed by atoms with Crippen LogP contribution in [0, 0.1) is 5.92 Å². The normalized spacial score (nSPS) is 13.0. The summed E-state index contributed by atoms with van der Waals surface area (Å²) in [5.74, 6) is 0.799. The van der Waals surface area contributed by atoms with E-state index in [1.54, 1.807) is 0 Å². The summed E-state index contributed by atoms with van der Waals surface area (Å²) < 4.78 is 0. The van der Waals surface area contributed by atoms with Crippen LogP contribution in [0.2, 0.25) is 0 Å². The van der Waals surface area contributed by atoms with E-state index in [1.165, 1.54) is 18.4 Å². The molecule has 90 valence electrons. The van der Waals surface area contributed by atoms with Crippen LogP contribution in [-0.4, -0.2) is 11.0 Å². The summed E-state index contributed by atoms with van der Waals surface area (Å²) in [6.07, 6.45) is 9.56. The molecule has 1 atom stereocenters. The molecule has 0 aromatic carbocycles. The van der Waals surface area contributed by atoms with E-state index in [1.807, 2.05) is 12.4 Å². The van der Waals surface area contributed by atoms with Gasteiger partial charge in [-0.15, -0.1) is 0 Å². The van der Waals surface area contributed by atoms with Crippen molar-refractivity contribution in [2.45, 2.75) is 52.0 Å². The monoisotopic (exact) mass is 220 g/mol. The number of nitrogens with zero attached hydrogens (tertiary/aromatic N) is 1. The molecule has 0 fully saturated rings. The van der Waals surface area contributed by atoms with E-state index in [2.05, 4.69) is 31.0 Å². The van der Waals surface area contributed by atoms with Gasteiger partial charge in [-0.05, 0) is 42.9 Å². The molecular weight excluding hydrogens is 196 g/mol. The topological polar surface area (TPSA) is 38.9 Å². The Labute approximate surface area is 99.3 Å². The van der Waals surface area contributed by atoms with Crippen molar-refractivity contribution in [1.82, 2.24) is 4.98 Å². The molecule has 0 bridgehead atoms. The minimum Gasteiger partial charge on any atom is -0.328 e. The van der Waals surface area contributed by atoms with E-state index < -0.39 is 0 Å². The number of nitrogens with two attached hydrogens (primary N) is 1. The van der Waals surface area contributed by atoms with E-state index in [0.717, 1.165) is 25.2 Å². The highest BCUT2D eigenvalue weighted by Crippen LogP contribution is 2.11. The smallest absolute Gasteiger partial charge is 0.0270 e. The van der Waals surface area contributed by atoms with E-state index in [9.17, 15) is 0 Å². The maximum atomic E-state index is 6.09. The zero-order valence-electron chi connectivity index (χ0n) is 10.5. The van der Waals surface area contributed by atoms with Crippen LogP contribution in [0.3, 0.4) is 0 Å². The molecule has 1 unspecified atom stereocenters. The highest BCUT2D eigenvalue weighted by atomic mass is 14.6. The van der Waals surface area contributed by atoms with Crippen molar-refractivity contribution in [3.63, 3.8) is 0 Å². The zero-order valence-corrected chi connectivity index (χ0v) is 10.5. The Morgan fingerprint density at radius 1 is 1.12 bits per heavy atom. The molecule has 0 spiro atoms. The van der Waals surface area contributed by atoms with Gasteiger partial charge in [0.05, 0.1) is 0 Å². The van der Waals surface area contributed by atoms with E-state index >= 15 is 0 Å². The summed E-state index contributed by atoms with van der Waals surface area (Å²) in [6.45, 7) is 4.53. The summed E-state index contributed by atoms with van der Waals surface area (Å²) in [5, 5.41) is 0. The Bertz CT molecular complexity index is 269. The van der Waals surface area contributed by atoms with Crippen molar-refractivity contribution in [3.8, 4) is 0 Å². The lowest BCUT2D eigenvalue weighted by atomic mass is 9.99. The van der Waals surface area contributed by atoms with Crippen molar-refractivity contribution < 1.29 is 0 Å². The van der Waals surface area contributed by atoms with Crippen molar-refractivity contribution in [2.24, 2.45) is 11.7 Å². The van der Waals surface area contributed by atoms with E-state index in [-0.39, 0.29) is 0 Å². The predicted molar refractivity (Wildman–Crippen MR) is 69.2 cm³/mol. The first-order valence-electron chi connectivity index (χ1n) is 6.33. The third-order valence-corrected chi connectivity index (χ3v) is 2.91. The molecule has 1 aromatic rings. The van der Waals surface area contributed by atoms with Crippen LogP contribution in [0.25, 0.3) is 0 Å². The van der Waals surface area contributed by atoms with Crippen molar-refractivity contribution in [2.75, 3.05) is 0 Å². The van der Waals surface area contributed by atoms with E-state index in [0.29, 0.717) is 6.04 Å². The van der Waals surface area contributed by atoms with Gasteiger partial charge in [-0.1, -0.05) is 26.7 Å². The molecule has 0 aliphatic rings. The summed E-state index contributed by atoms with van der Waals surface area (Å²) in [6, 6.07) is 4.49. The Kier molecular flexibility index (Phi) is 6.09. The Balaban J connectivity index is 2.13. The van der Waals surface area contributed by atoms with E-state index in [4.69, 9.17) is 5.73 Å². The lowest BCUT2D eigenvalue weighted by Crippen LogP contribution is -2.20. The number of rotatable bonds is 7. The predicted octanol–water partition coefficient (Wildman–Crippen LogP) is 3.17. The summed E-state index contributed by atoms with van der Waals surface area (Å²) in [7, 11) is 0. The van der Waals surface area contributed by atoms with Crippen LogP contribution in [-0.2, 0) is 6.42 Å². The molecule has 1 heterocycles. The second kappa shape index (κ2) is 7.39. The summed E-state index contributed by atoms with van der Waals surface area (Å²) in [4.78, 5) is 4.01. The number of hydrogen-bond acceptors (Lipinski definition) is 2. The molecule has 0 amide bonds. The lowest BCUT2D eigenvalue weighted by molar-refractivity contribution is 0.482. The Morgan fingerprint density at radius 3 is 2.44 bits per heavy atom. The molecule has 1 rings (SSSR count). The molecule has 0 radical (unpaired) electrons. The lowest BCUT2D eigenvalue weighted by Gasteiger charge is -2.12. The molecule has 0 saturated heterocycles. The second-order valence-electron chi connectivity index (χ2n) is 4.98. The standard InChI is InChI=1S/C14H24N2/c1-12(2)4-3-5-14(15)7-6-13-8-10-16-11-9-13/h8-12,14H,3-7,15H2,1-2H3. The maximum Gasteiger partial charge on any atom is 0.0270 e. The van der Waals surface area contributed by atoms with Crippen molar-refractivity contribution >= 4 is 0 Å². The fraction of sp³-hybridized carbons (Fsp3) is 0.643. The van der Waals surface area contributed by atoms with Crippen LogP contribution in [0.5, 0.6) is 0 Å². The molecule has 2 heteroatoms. The number of hydrogen-bond donors (Lipinski definition) is 1. The first kappa shape index (κ1) is 13.2. The highest BCUT2D eigenvalue weighted by molar-refractivity contribution is 5.09. The van der Waals surface area contributed by atoms with Gasteiger partial charge in [-0.3, -0.25) is 4.98 Å². The van der Waals surface area contributed by atoms with Gasteiger partial charge < -0.3 is 5.73 Å². The number of aromatic nitrogens is 1. The minimum absolute atomic E-state index is 0.354. The third-order valence-electron chi connectivity index (χ3n) is 2.91. The molecule has 2 nitrogen and oxygen atoms in total. The molecular formula is C14H24N2. The van der Waals surface area contributed by atoms with Crippen LogP contribution in [0.1, 0.15) is 45.1 Å². The van der Waals surface area contributed by atoms with Gasteiger partial charge >= 0.3 is 0 Å². The van der Waals surface area contributed by atoms with Crippen molar-refractivity contribution in [1.29, 1.82) is 0 Å². The molecule has 0 aliphatic heterocycles. The molecule has 0 aliphatic carbocycles. The van der Waals surface area contributed by atoms with Crippen LogP contribution in [0.4, 0.5) is 0 Å². The first-order valence-corrected chi connectivity index (χ1v) is 6.33. The average Bonchev–Trinajstić information content (AvgIpc) is 2.27. The minimum atomic E-state index is 0.354.